The van der Waals surface area contributed by atoms with Gasteiger partial charge in [-0.25, -0.2) is 0 Å². The van der Waals surface area contributed by atoms with Gasteiger partial charge in [-0.1, -0.05) is 0 Å². The molecule has 0 aromatic rings. The summed E-state index contributed by atoms with van der Waals surface area (Å²) in [5.41, 5.74) is 0. The Morgan fingerprint density at radius 1 is 1.12 bits per heavy atom. The summed E-state index contributed by atoms with van der Waals surface area (Å²) in [6.45, 7) is 5.94. The lowest BCUT2D eigenvalue weighted by atomic mass is 10.1. The standard InChI is InChI=1S/C19H36N4O2.HI/c1-20-19(21-14-16-6-5-10-22(16)2)23-11-8-17(9-12-23)25-15-18-7-3-4-13-24-18;/h16-18H,3-15H2,1-2H3,(H,20,21);1H. The van der Waals surface area contributed by atoms with Gasteiger partial charge >= 0.3 is 0 Å². The zero-order valence-electron chi connectivity index (χ0n) is 16.5. The lowest BCUT2D eigenvalue weighted by Crippen LogP contribution is -2.49. The van der Waals surface area contributed by atoms with E-state index in [1.807, 2.05) is 7.05 Å². The van der Waals surface area contributed by atoms with E-state index in [-0.39, 0.29) is 24.0 Å². The number of hydrogen-bond acceptors (Lipinski definition) is 4. The Morgan fingerprint density at radius 3 is 2.54 bits per heavy atom. The molecule has 0 saturated carbocycles. The van der Waals surface area contributed by atoms with Crippen molar-refractivity contribution in [2.24, 2.45) is 4.99 Å². The van der Waals surface area contributed by atoms with Crippen molar-refractivity contribution in [3.63, 3.8) is 0 Å². The third-order valence-electron chi connectivity index (χ3n) is 5.91. The molecule has 2 unspecified atom stereocenters. The van der Waals surface area contributed by atoms with E-state index in [2.05, 4.69) is 27.2 Å². The molecule has 3 rings (SSSR count). The smallest absolute Gasteiger partial charge is 0.193 e. The average Bonchev–Trinajstić information content (AvgIpc) is 3.07. The van der Waals surface area contributed by atoms with Crippen molar-refractivity contribution >= 4 is 29.9 Å². The molecule has 3 saturated heterocycles. The second-order valence-electron chi connectivity index (χ2n) is 7.71. The number of rotatable bonds is 5. The second kappa shape index (κ2) is 11.7. The summed E-state index contributed by atoms with van der Waals surface area (Å²) in [5.74, 6) is 1.05. The third-order valence-corrected chi connectivity index (χ3v) is 5.91. The van der Waals surface area contributed by atoms with Crippen molar-refractivity contribution in [3.8, 4) is 0 Å². The topological polar surface area (TPSA) is 49.3 Å². The highest BCUT2D eigenvalue weighted by Gasteiger charge is 2.25. The maximum absolute atomic E-state index is 6.12. The molecule has 7 heteroatoms. The molecule has 0 aromatic heterocycles. The highest BCUT2D eigenvalue weighted by Crippen LogP contribution is 2.18. The summed E-state index contributed by atoms with van der Waals surface area (Å²) in [6, 6.07) is 0.646. The fourth-order valence-electron chi connectivity index (χ4n) is 4.20. The first-order valence-corrected chi connectivity index (χ1v) is 10.2. The molecular weight excluding hydrogens is 443 g/mol. The van der Waals surface area contributed by atoms with E-state index in [9.17, 15) is 0 Å². The van der Waals surface area contributed by atoms with E-state index >= 15 is 0 Å². The molecule has 0 spiro atoms. The molecule has 3 aliphatic heterocycles. The number of halogens is 1. The maximum Gasteiger partial charge on any atom is 0.193 e. The number of guanidine groups is 1. The van der Waals surface area contributed by atoms with E-state index in [4.69, 9.17) is 9.47 Å². The molecule has 26 heavy (non-hydrogen) atoms. The van der Waals surface area contributed by atoms with E-state index in [1.54, 1.807) is 0 Å². The van der Waals surface area contributed by atoms with Gasteiger partial charge in [-0.05, 0) is 58.5 Å². The van der Waals surface area contributed by atoms with Crippen LogP contribution < -0.4 is 5.32 Å². The Bertz CT molecular complexity index is 424. The number of hydrogen-bond donors (Lipinski definition) is 1. The summed E-state index contributed by atoms with van der Waals surface area (Å²) in [5, 5.41) is 3.58. The number of nitrogens with zero attached hydrogens (tertiary/aromatic N) is 3. The van der Waals surface area contributed by atoms with Crippen LogP contribution in [0.15, 0.2) is 4.99 Å². The van der Waals surface area contributed by atoms with Gasteiger partial charge in [0.05, 0.1) is 18.8 Å². The quantitative estimate of drug-likeness (QED) is 0.372. The van der Waals surface area contributed by atoms with Crippen molar-refractivity contribution in [1.82, 2.24) is 15.1 Å². The normalized spacial score (nSPS) is 28.8. The Labute approximate surface area is 176 Å². The number of nitrogens with one attached hydrogen (secondary N) is 1. The maximum atomic E-state index is 6.12. The van der Waals surface area contributed by atoms with Crippen LogP contribution in [0.1, 0.15) is 44.9 Å². The van der Waals surface area contributed by atoms with E-state index in [0.717, 1.165) is 58.1 Å². The summed E-state index contributed by atoms with van der Waals surface area (Å²) >= 11 is 0. The zero-order valence-corrected chi connectivity index (χ0v) is 18.8. The molecule has 6 nitrogen and oxygen atoms in total. The van der Waals surface area contributed by atoms with Crippen molar-refractivity contribution < 1.29 is 9.47 Å². The number of likely N-dealkylation sites (N-methyl/N-ethyl adjacent to an activating group) is 1. The number of piperidine rings is 1. The van der Waals surface area contributed by atoms with Crippen LogP contribution >= 0.6 is 24.0 Å². The largest absolute Gasteiger partial charge is 0.376 e. The molecule has 3 fully saturated rings. The van der Waals surface area contributed by atoms with Crippen LogP contribution in [0, 0.1) is 0 Å². The molecule has 0 radical (unpaired) electrons. The van der Waals surface area contributed by atoms with Gasteiger partial charge in [-0.15, -0.1) is 24.0 Å². The Kier molecular flexibility index (Phi) is 9.94. The SMILES string of the molecule is CN=C(NCC1CCCN1C)N1CCC(OCC2CCCCO2)CC1.I. The minimum atomic E-state index is 0. The predicted octanol–water partition coefficient (Wildman–Crippen LogP) is 2.32. The number of aliphatic imine (C=N–C) groups is 1. The molecule has 0 bridgehead atoms. The van der Waals surface area contributed by atoms with Gasteiger partial charge in [0, 0.05) is 39.3 Å². The van der Waals surface area contributed by atoms with E-state index < -0.39 is 0 Å². The van der Waals surface area contributed by atoms with E-state index in [0.29, 0.717) is 18.2 Å². The van der Waals surface area contributed by atoms with Crippen molar-refractivity contribution in [2.45, 2.75) is 63.2 Å². The lowest BCUT2D eigenvalue weighted by molar-refractivity contribution is -0.0721. The van der Waals surface area contributed by atoms with Crippen LogP contribution in [0.5, 0.6) is 0 Å². The molecule has 3 aliphatic rings. The molecule has 0 aromatic carbocycles. The second-order valence-corrected chi connectivity index (χ2v) is 7.71. The van der Waals surface area contributed by atoms with Crippen LogP contribution in [0.2, 0.25) is 0 Å². The molecule has 0 amide bonds. The summed E-state index contributed by atoms with van der Waals surface area (Å²) in [6.07, 6.45) is 9.11. The Balaban J connectivity index is 0.00000243. The van der Waals surface area contributed by atoms with Crippen LogP contribution in [0.3, 0.4) is 0 Å². The highest BCUT2D eigenvalue weighted by atomic mass is 127. The van der Waals surface area contributed by atoms with Gasteiger partial charge in [-0.2, -0.15) is 0 Å². The fourth-order valence-corrected chi connectivity index (χ4v) is 4.20. The minimum Gasteiger partial charge on any atom is -0.376 e. The number of ether oxygens (including phenoxy) is 2. The van der Waals surface area contributed by atoms with Gasteiger partial charge in [0.2, 0.25) is 0 Å². The van der Waals surface area contributed by atoms with Gasteiger partial charge < -0.3 is 24.6 Å². The van der Waals surface area contributed by atoms with Crippen LogP contribution in [-0.4, -0.2) is 87.5 Å². The van der Waals surface area contributed by atoms with Gasteiger partial charge in [-0.3, -0.25) is 4.99 Å². The first-order valence-electron chi connectivity index (χ1n) is 10.2. The lowest BCUT2D eigenvalue weighted by Gasteiger charge is -2.35. The third kappa shape index (κ3) is 6.49. The Hall–Kier alpha value is -0.120. The Morgan fingerprint density at radius 2 is 1.92 bits per heavy atom. The first kappa shape index (κ1) is 22.2. The zero-order chi connectivity index (χ0) is 17.5. The molecule has 152 valence electrons. The fraction of sp³-hybridized carbons (Fsp3) is 0.947. The predicted molar refractivity (Wildman–Crippen MR) is 117 cm³/mol. The van der Waals surface area contributed by atoms with Crippen molar-refractivity contribution in [2.75, 3.05) is 53.5 Å². The van der Waals surface area contributed by atoms with E-state index in [1.165, 1.54) is 32.2 Å². The molecule has 0 aliphatic carbocycles. The summed E-state index contributed by atoms with van der Waals surface area (Å²) in [4.78, 5) is 9.33. The van der Waals surface area contributed by atoms with Crippen molar-refractivity contribution in [1.29, 1.82) is 0 Å². The van der Waals surface area contributed by atoms with Crippen LogP contribution in [0.4, 0.5) is 0 Å². The monoisotopic (exact) mass is 480 g/mol. The van der Waals surface area contributed by atoms with Gasteiger partial charge in [0.15, 0.2) is 5.96 Å². The van der Waals surface area contributed by atoms with Crippen molar-refractivity contribution in [3.05, 3.63) is 0 Å². The van der Waals surface area contributed by atoms with Crippen LogP contribution in [-0.2, 0) is 9.47 Å². The van der Waals surface area contributed by atoms with Crippen LogP contribution in [0.25, 0.3) is 0 Å². The van der Waals surface area contributed by atoms with Gasteiger partial charge in [0.1, 0.15) is 0 Å². The highest BCUT2D eigenvalue weighted by molar-refractivity contribution is 14.0. The average molecular weight is 480 g/mol. The van der Waals surface area contributed by atoms with Gasteiger partial charge in [0.25, 0.3) is 0 Å². The molecule has 1 N–H and O–H groups in total. The molecular formula is C19H37IN4O2. The summed E-state index contributed by atoms with van der Waals surface area (Å²) < 4.78 is 11.9. The molecule has 3 heterocycles. The first-order chi connectivity index (χ1) is 12.3. The molecule has 2 atom stereocenters. The minimum absolute atomic E-state index is 0. The number of likely N-dealkylation sites (tertiary alicyclic amines) is 2. The summed E-state index contributed by atoms with van der Waals surface area (Å²) in [7, 11) is 4.12.